The van der Waals surface area contributed by atoms with Crippen LogP contribution in [0.2, 0.25) is 0 Å². The average Bonchev–Trinajstić information content (AvgIpc) is 2.39. The van der Waals surface area contributed by atoms with E-state index in [9.17, 15) is 13.2 Å². The van der Waals surface area contributed by atoms with Gasteiger partial charge in [-0.25, -0.2) is 0 Å². The Morgan fingerprint density at radius 3 is 1.58 bits per heavy atom. The van der Waals surface area contributed by atoms with E-state index in [0.29, 0.717) is 12.8 Å². The van der Waals surface area contributed by atoms with Gasteiger partial charge in [-0.05, 0) is 24.7 Å². The average molecular weight is 180 g/mol. The van der Waals surface area contributed by atoms with Gasteiger partial charge in [-0.15, -0.1) is 0 Å². The molecule has 0 nitrogen and oxygen atoms in total. The van der Waals surface area contributed by atoms with Crippen LogP contribution in [0, 0.1) is 10.8 Å². The van der Waals surface area contributed by atoms with Crippen LogP contribution in [0.4, 0.5) is 13.2 Å². The Balaban J connectivity index is 2.63. The van der Waals surface area contributed by atoms with Crippen molar-refractivity contribution >= 4 is 0 Å². The zero-order chi connectivity index (χ0) is 9.62. The normalized spacial score (nSPS) is 22.5. The molecule has 0 heterocycles. The molecule has 0 spiro atoms. The zero-order valence-electron chi connectivity index (χ0n) is 7.76. The summed E-state index contributed by atoms with van der Waals surface area (Å²) in [5.74, 6) is 0. The fraction of sp³-hybridized carbons (Fsp3) is 1.00. The van der Waals surface area contributed by atoms with E-state index in [0.717, 1.165) is 0 Å². The molecule has 3 heteroatoms. The lowest BCUT2D eigenvalue weighted by Crippen LogP contribution is -2.29. The Morgan fingerprint density at radius 2 is 1.50 bits per heavy atom. The standard InChI is InChI=1S/C9H15F3/c1-7(2,3)6-8(4-5-8)9(10,11)12/h4-6H2,1-3H3. The monoisotopic (exact) mass is 180 g/mol. The fourth-order valence-electron chi connectivity index (χ4n) is 1.73. The molecule has 0 N–H and O–H groups in total. The molecular weight excluding hydrogens is 165 g/mol. The van der Waals surface area contributed by atoms with Crippen molar-refractivity contribution in [3.05, 3.63) is 0 Å². The summed E-state index contributed by atoms with van der Waals surface area (Å²) in [7, 11) is 0. The van der Waals surface area contributed by atoms with Crippen molar-refractivity contribution in [2.24, 2.45) is 10.8 Å². The van der Waals surface area contributed by atoms with Gasteiger partial charge in [0.1, 0.15) is 0 Å². The molecule has 72 valence electrons. The number of hydrogen-bond donors (Lipinski definition) is 0. The number of halogens is 3. The van der Waals surface area contributed by atoms with Crippen LogP contribution >= 0.6 is 0 Å². The third-order valence-corrected chi connectivity index (χ3v) is 2.32. The third kappa shape index (κ3) is 1.93. The number of hydrogen-bond acceptors (Lipinski definition) is 0. The summed E-state index contributed by atoms with van der Waals surface area (Å²) >= 11 is 0. The summed E-state index contributed by atoms with van der Waals surface area (Å²) in [4.78, 5) is 0. The van der Waals surface area contributed by atoms with Crippen molar-refractivity contribution in [1.29, 1.82) is 0 Å². The highest BCUT2D eigenvalue weighted by atomic mass is 19.4. The van der Waals surface area contributed by atoms with Gasteiger partial charge in [0.2, 0.25) is 0 Å². The Kier molecular flexibility index (Phi) is 1.97. The zero-order valence-corrected chi connectivity index (χ0v) is 7.76. The highest BCUT2D eigenvalue weighted by molar-refractivity contribution is 5.01. The molecule has 1 aliphatic carbocycles. The van der Waals surface area contributed by atoms with Crippen LogP contribution in [0.3, 0.4) is 0 Å². The minimum absolute atomic E-state index is 0.216. The van der Waals surface area contributed by atoms with Crippen molar-refractivity contribution in [3.8, 4) is 0 Å². The summed E-state index contributed by atoms with van der Waals surface area (Å²) in [6.07, 6.45) is -3.06. The van der Waals surface area contributed by atoms with Crippen LogP contribution in [-0.2, 0) is 0 Å². The quantitative estimate of drug-likeness (QED) is 0.576. The van der Waals surface area contributed by atoms with Gasteiger partial charge >= 0.3 is 6.18 Å². The SMILES string of the molecule is CC(C)(C)CC1(C(F)(F)F)CC1. The maximum atomic E-state index is 12.4. The molecule has 0 amide bonds. The Hall–Kier alpha value is -0.210. The van der Waals surface area contributed by atoms with Crippen molar-refractivity contribution in [3.63, 3.8) is 0 Å². The van der Waals surface area contributed by atoms with Crippen LogP contribution in [0.15, 0.2) is 0 Å². The predicted molar refractivity (Wildman–Crippen MR) is 41.8 cm³/mol. The summed E-state index contributed by atoms with van der Waals surface area (Å²) in [5, 5.41) is 0. The molecule has 0 aromatic carbocycles. The highest BCUT2D eigenvalue weighted by Gasteiger charge is 2.63. The highest BCUT2D eigenvalue weighted by Crippen LogP contribution is 2.62. The second-order valence-electron chi connectivity index (χ2n) is 5.02. The fourth-order valence-corrected chi connectivity index (χ4v) is 1.73. The van der Waals surface area contributed by atoms with Gasteiger partial charge in [0.05, 0.1) is 5.41 Å². The molecule has 1 aliphatic rings. The third-order valence-electron chi connectivity index (χ3n) is 2.32. The molecule has 0 unspecified atom stereocenters. The lowest BCUT2D eigenvalue weighted by Gasteiger charge is -2.27. The van der Waals surface area contributed by atoms with Crippen LogP contribution in [0.25, 0.3) is 0 Å². The molecule has 0 bridgehead atoms. The van der Waals surface area contributed by atoms with E-state index in [1.165, 1.54) is 0 Å². The van der Waals surface area contributed by atoms with Crippen molar-refractivity contribution in [2.75, 3.05) is 0 Å². The van der Waals surface area contributed by atoms with E-state index in [1.807, 2.05) is 20.8 Å². The molecule has 1 saturated carbocycles. The topological polar surface area (TPSA) is 0 Å². The van der Waals surface area contributed by atoms with Gasteiger partial charge in [0, 0.05) is 0 Å². The Morgan fingerprint density at radius 1 is 1.08 bits per heavy atom. The molecule has 12 heavy (non-hydrogen) atoms. The van der Waals surface area contributed by atoms with Gasteiger partial charge in [0.25, 0.3) is 0 Å². The van der Waals surface area contributed by atoms with Crippen LogP contribution in [-0.4, -0.2) is 6.18 Å². The lowest BCUT2D eigenvalue weighted by molar-refractivity contribution is -0.194. The van der Waals surface area contributed by atoms with E-state index in [1.54, 1.807) is 0 Å². The van der Waals surface area contributed by atoms with Crippen LogP contribution < -0.4 is 0 Å². The molecule has 0 saturated heterocycles. The van der Waals surface area contributed by atoms with Crippen molar-refractivity contribution in [1.82, 2.24) is 0 Å². The maximum absolute atomic E-state index is 12.4. The Labute approximate surface area is 71.1 Å². The smallest absolute Gasteiger partial charge is 0.171 e. The van der Waals surface area contributed by atoms with Gasteiger partial charge < -0.3 is 0 Å². The molecule has 0 aromatic heterocycles. The largest absolute Gasteiger partial charge is 0.394 e. The number of rotatable bonds is 1. The van der Waals surface area contributed by atoms with E-state index in [4.69, 9.17) is 0 Å². The molecule has 1 rings (SSSR count). The molecule has 0 aliphatic heterocycles. The molecule has 1 fully saturated rings. The minimum Gasteiger partial charge on any atom is -0.171 e. The first kappa shape index (κ1) is 9.87. The molecule has 0 atom stereocenters. The lowest BCUT2D eigenvalue weighted by atomic mass is 9.82. The van der Waals surface area contributed by atoms with Crippen LogP contribution in [0.1, 0.15) is 40.0 Å². The second-order valence-corrected chi connectivity index (χ2v) is 5.02. The summed E-state index contributed by atoms with van der Waals surface area (Å²) in [5.41, 5.74) is -1.54. The summed E-state index contributed by atoms with van der Waals surface area (Å²) in [6, 6.07) is 0. The summed E-state index contributed by atoms with van der Waals surface area (Å²) < 4.78 is 37.3. The van der Waals surface area contributed by atoms with E-state index in [-0.39, 0.29) is 11.8 Å². The second kappa shape index (κ2) is 2.39. The maximum Gasteiger partial charge on any atom is 0.394 e. The Bertz CT molecular complexity index is 169. The van der Waals surface area contributed by atoms with Gasteiger partial charge in [-0.1, -0.05) is 20.8 Å². The van der Waals surface area contributed by atoms with Crippen molar-refractivity contribution < 1.29 is 13.2 Å². The molecule has 0 radical (unpaired) electrons. The molecule has 0 aromatic rings. The predicted octanol–water partition coefficient (Wildman–Crippen LogP) is 3.77. The minimum atomic E-state index is -3.99. The van der Waals surface area contributed by atoms with E-state index >= 15 is 0 Å². The van der Waals surface area contributed by atoms with Gasteiger partial charge in [-0.3, -0.25) is 0 Å². The van der Waals surface area contributed by atoms with Crippen molar-refractivity contribution in [2.45, 2.75) is 46.2 Å². The first-order valence-electron chi connectivity index (χ1n) is 4.23. The van der Waals surface area contributed by atoms with E-state index < -0.39 is 11.6 Å². The van der Waals surface area contributed by atoms with Gasteiger partial charge in [0.15, 0.2) is 0 Å². The van der Waals surface area contributed by atoms with E-state index in [2.05, 4.69) is 0 Å². The first-order chi connectivity index (χ1) is 5.16. The summed E-state index contributed by atoms with van der Waals surface area (Å²) in [6.45, 7) is 5.58. The van der Waals surface area contributed by atoms with Gasteiger partial charge in [-0.2, -0.15) is 13.2 Å². The first-order valence-corrected chi connectivity index (χ1v) is 4.23. The number of alkyl halides is 3. The molecular formula is C9H15F3. The van der Waals surface area contributed by atoms with Crippen LogP contribution in [0.5, 0.6) is 0 Å².